The van der Waals surface area contributed by atoms with Crippen molar-refractivity contribution in [2.75, 3.05) is 67.5 Å². The Hall–Kier alpha value is -3.37. The van der Waals surface area contributed by atoms with Crippen molar-refractivity contribution in [2.45, 2.75) is 6.42 Å². The van der Waals surface area contributed by atoms with Crippen molar-refractivity contribution in [1.82, 2.24) is 19.8 Å². The molecule has 0 bridgehead atoms. The maximum Gasteiger partial charge on any atom is 0.323 e. The van der Waals surface area contributed by atoms with Gasteiger partial charge < -0.3 is 19.6 Å². The average molecular weight is 526 g/mol. The topological polar surface area (TPSA) is 84.9 Å². The molecular formula is C25H28ClN7O2S. The molecule has 2 aromatic heterocycles. The highest BCUT2D eigenvalue weighted by Gasteiger charge is 2.24. The van der Waals surface area contributed by atoms with Crippen molar-refractivity contribution in [3.63, 3.8) is 0 Å². The summed E-state index contributed by atoms with van der Waals surface area (Å²) < 4.78 is 0. The minimum Gasteiger partial charge on any atom is -0.368 e. The molecule has 2 saturated heterocycles. The molecule has 3 aromatic rings. The molecule has 2 fully saturated rings. The molecule has 2 aliphatic heterocycles. The Balaban J connectivity index is 1.07. The van der Waals surface area contributed by atoms with Gasteiger partial charge >= 0.3 is 6.03 Å². The first kappa shape index (κ1) is 24.3. The molecule has 0 spiro atoms. The highest BCUT2D eigenvalue weighted by Crippen LogP contribution is 2.22. The van der Waals surface area contributed by atoms with Gasteiger partial charge in [-0.05, 0) is 30.3 Å². The van der Waals surface area contributed by atoms with Gasteiger partial charge in [-0.2, -0.15) is 0 Å². The van der Waals surface area contributed by atoms with E-state index in [9.17, 15) is 9.59 Å². The molecule has 2 aliphatic rings. The normalized spacial score (nSPS) is 16.2. The van der Waals surface area contributed by atoms with E-state index in [4.69, 9.17) is 11.6 Å². The van der Waals surface area contributed by atoms with Gasteiger partial charge in [-0.3, -0.25) is 10.1 Å². The highest BCUT2D eigenvalue weighted by atomic mass is 35.5. The fourth-order valence-electron chi connectivity index (χ4n) is 4.45. The molecule has 0 atom stereocenters. The molecule has 11 heteroatoms. The van der Waals surface area contributed by atoms with E-state index in [1.165, 1.54) is 11.3 Å². The number of urea groups is 1. The number of hydrogen-bond donors (Lipinski definition) is 1. The Kier molecular flexibility index (Phi) is 7.52. The summed E-state index contributed by atoms with van der Waals surface area (Å²) >= 11 is 7.46. The molecule has 0 unspecified atom stereocenters. The van der Waals surface area contributed by atoms with Gasteiger partial charge in [0, 0.05) is 74.6 Å². The van der Waals surface area contributed by atoms with Gasteiger partial charge in [0.1, 0.15) is 5.82 Å². The fourth-order valence-corrected chi connectivity index (χ4v) is 5.33. The third-order valence-electron chi connectivity index (χ3n) is 6.44. The Bertz CT molecular complexity index is 1190. The van der Waals surface area contributed by atoms with Crippen LogP contribution < -0.4 is 15.1 Å². The highest BCUT2D eigenvalue weighted by molar-refractivity contribution is 7.13. The number of carbonyl (C=O) groups excluding carboxylic acids is 2. The van der Waals surface area contributed by atoms with Gasteiger partial charge in [-0.1, -0.05) is 23.7 Å². The summed E-state index contributed by atoms with van der Waals surface area (Å²) in [5, 5.41) is 5.95. The summed E-state index contributed by atoms with van der Waals surface area (Å²) in [5.41, 5.74) is 1.75. The second-order valence-electron chi connectivity index (χ2n) is 8.76. The van der Waals surface area contributed by atoms with Crippen molar-refractivity contribution >= 4 is 51.5 Å². The predicted octanol–water partition coefficient (Wildman–Crippen LogP) is 3.44. The second-order valence-corrected chi connectivity index (χ2v) is 10.1. The third kappa shape index (κ3) is 5.88. The molecule has 9 nitrogen and oxygen atoms in total. The van der Waals surface area contributed by atoms with E-state index >= 15 is 0 Å². The van der Waals surface area contributed by atoms with Crippen LogP contribution in [-0.4, -0.2) is 84.1 Å². The summed E-state index contributed by atoms with van der Waals surface area (Å²) in [5.74, 6) is 0.979. The lowest BCUT2D eigenvalue weighted by molar-refractivity contribution is -0.130. The molecule has 3 amide bonds. The Labute approximate surface area is 219 Å². The number of amides is 3. The first-order chi connectivity index (χ1) is 17.5. The van der Waals surface area contributed by atoms with Crippen LogP contribution in [0.15, 0.2) is 54.0 Å². The number of carbonyl (C=O) groups is 2. The second kappa shape index (κ2) is 11.1. The van der Waals surface area contributed by atoms with Gasteiger partial charge in [0.05, 0.1) is 12.1 Å². The first-order valence-corrected chi connectivity index (χ1v) is 13.3. The van der Waals surface area contributed by atoms with E-state index in [1.54, 1.807) is 11.1 Å². The molecule has 5 rings (SSSR count). The molecule has 0 radical (unpaired) electrons. The van der Waals surface area contributed by atoms with Gasteiger partial charge in [0.25, 0.3) is 0 Å². The zero-order valence-electron chi connectivity index (χ0n) is 19.8. The number of hydrogen-bond acceptors (Lipinski definition) is 7. The van der Waals surface area contributed by atoms with Crippen LogP contribution in [0, 0.1) is 0 Å². The quantitative estimate of drug-likeness (QED) is 0.549. The smallest absolute Gasteiger partial charge is 0.323 e. The van der Waals surface area contributed by atoms with Crippen molar-refractivity contribution < 1.29 is 9.59 Å². The SMILES string of the molecule is O=C(Cc1csc(NC(=O)N2CCN(c3ccccn3)CC2)n1)N1CCN(c2cccc(Cl)c2)CC1. The largest absolute Gasteiger partial charge is 0.368 e. The third-order valence-corrected chi connectivity index (χ3v) is 7.49. The zero-order chi connectivity index (χ0) is 24.9. The lowest BCUT2D eigenvalue weighted by Crippen LogP contribution is -2.50. The van der Waals surface area contributed by atoms with E-state index in [2.05, 4.69) is 25.1 Å². The van der Waals surface area contributed by atoms with Gasteiger partial charge in [-0.15, -0.1) is 11.3 Å². The van der Waals surface area contributed by atoms with Crippen molar-refractivity contribution in [2.24, 2.45) is 0 Å². The fraction of sp³-hybridized carbons (Fsp3) is 0.360. The number of pyridine rings is 1. The van der Waals surface area contributed by atoms with Crippen molar-refractivity contribution in [3.8, 4) is 0 Å². The van der Waals surface area contributed by atoms with Crippen LogP contribution >= 0.6 is 22.9 Å². The number of nitrogens with zero attached hydrogens (tertiary/aromatic N) is 6. The van der Waals surface area contributed by atoms with Crippen LogP contribution in [0.25, 0.3) is 0 Å². The minimum absolute atomic E-state index is 0.0505. The number of rotatable bonds is 5. The Morgan fingerprint density at radius 2 is 1.67 bits per heavy atom. The molecule has 1 N–H and O–H groups in total. The molecule has 0 saturated carbocycles. The standard InChI is InChI=1S/C25H28ClN7O2S/c26-19-4-3-5-21(16-19)30-8-12-32(13-9-30)23(34)17-20-18-36-24(28-20)29-25(35)33-14-10-31(11-15-33)22-6-1-2-7-27-22/h1-7,16,18H,8-15,17H2,(H,28,29,35). The maximum atomic E-state index is 12.8. The van der Waals surface area contributed by atoms with E-state index in [1.807, 2.05) is 52.7 Å². The van der Waals surface area contributed by atoms with Crippen molar-refractivity contribution in [3.05, 3.63) is 64.8 Å². The zero-order valence-corrected chi connectivity index (χ0v) is 21.4. The number of thiazole rings is 1. The predicted molar refractivity (Wildman–Crippen MR) is 143 cm³/mol. The summed E-state index contributed by atoms with van der Waals surface area (Å²) in [6.45, 7) is 5.52. The monoisotopic (exact) mass is 525 g/mol. The maximum absolute atomic E-state index is 12.8. The molecule has 4 heterocycles. The van der Waals surface area contributed by atoms with Gasteiger partial charge in [0.2, 0.25) is 5.91 Å². The molecular weight excluding hydrogens is 498 g/mol. The van der Waals surface area contributed by atoms with Crippen LogP contribution in [0.2, 0.25) is 5.02 Å². The number of anilines is 3. The number of nitrogens with one attached hydrogen (secondary N) is 1. The summed E-state index contributed by atoms with van der Waals surface area (Å²) in [7, 11) is 0. The first-order valence-electron chi connectivity index (χ1n) is 12.0. The molecule has 1 aromatic carbocycles. The summed E-state index contributed by atoms with van der Waals surface area (Å²) in [6, 6.07) is 13.5. The van der Waals surface area contributed by atoms with E-state index in [-0.39, 0.29) is 18.4 Å². The number of benzene rings is 1. The van der Waals surface area contributed by atoms with E-state index in [0.29, 0.717) is 42.0 Å². The van der Waals surface area contributed by atoms with Gasteiger partial charge in [-0.25, -0.2) is 14.8 Å². The number of halogens is 1. The lowest BCUT2D eigenvalue weighted by Gasteiger charge is -2.36. The molecule has 188 valence electrons. The summed E-state index contributed by atoms with van der Waals surface area (Å²) in [4.78, 5) is 42.5. The van der Waals surface area contributed by atoms with Crippen LogP contribution in [0.3, 0.4) is 0 Å². The van der Waals surface area contributed by atoms with Crippen LogP contribution in [0.1, 0.15) is 5.69 Å². The molecule has 0 aliphatic carbocycles. The number of piperazine rings is 2. The average Bonchev–Trinajstić information content (AvgIpc) is 3.35. The number of aromatic nitrogens is 2. The lowest BCUT2D eigenvalue weighted by atomic mass is 10.2. The molecule has 36 heavy (non-hydrogen) atoms. The van der Waals surface area contributed by atoms with Gasteiger partial charge in [0.15, 0.2) is 5.13 Å². The Morgan fingerprint density at radius 3 is 2.39 bits per heavy atom. The van der Waals surface area contributed by atoms with E-state index in [0.717, 1.165) is 37.7 Å². The minimum atomic E-state index is -0.167. The van der Waals surface area contributed by atoms with E-state index < -0.39 is 0 Å². The van der Waals surface area contributed by atoms with Crippen LogP contribution in [0.5, 0.6) is 0 Å². The Morgan fingerprint density at radius 1 is 0.917 bits per heavy atom. The summed E-state index contributed by atoms with van der Waals surface area (Å²) in [6.07, 6.45) is 2.01. The van der Waals surface area contributed by atoms with Crippen LogP contribution in [0.4, 0.5) is 21.4 Å². The van der Waals surface area contributed by atoms with Crippen LogP contribution in [-0.2, 0) is 11.2 Å². The van der Waals surface area contributed by atoms with Crippen molar-refractivity contribution in [1.29, 1.82) is 0 Å².